The van der Waals surface area contributed by atoms with E-state index in [1.165, 1.54) is 12.4 Å². The number of nitrogens with zero attached hydrogens (tertiary/aromatic N) is 5. The summed E-state index contributed by atoms with van der Waals surface area (Å²) in [4.78, 5) is 23.2. The van der Waals surface area contributed by atoms with Crippen LogP contribution in [0.1, 0.15) is 12.8 Å². The second-order valence-corrected chi connectivity index (χ2v) is 6.59. The van der Waals surface area contributed by atoms with Gasteiger partial charge in [-0.05, 0) is 31.0 Å². The van der Waals surface area contributed by atoms with Crippen molar-refractivity contribution >= 4 is 17.4 Å². The van der Waals surface area contributed by atoms with Gasteiger partial charge in [0.15, 0.2) is 17.5 Å². The van der Waals surface area contributed by atoms with Crippen LogP contribution in [0.3, 0.4) is 0 Å². The van der Waals surface area contributed by atoms with E-state index >= 15 is 0 Å². The molecule has 0 bridgehead atoms. The van der Waals surface area contributed by atoms with Gasteiger partial charge in [0.1, 0.15) is 12.1 Å². The number of carbonyl (C=O) groups is 1. The molecule has 0 radical (unpaired) electrons. The van der Waals surface area contributed by atoms with Gasteiger partial charge in [-0.2, -0.15) is 5.10 Å². The zero-order valence-corrected chi connectivity index (χ0v) is 14.9. The highest BCUT2D eigenvalue weighted by molar-refractivity contribution is 5.93. The SMILES string of the molecule is O=C(Nc1ccc(F)c(F)c1)[C@H]1CCCN(c2cc(-n3cccn3)ncn2)C1. The lowest BCUT2D eigenvalue weighted by Gasteiger charge is -2.32. The minimum atomic E-state index is -0.991. The number of amides is 1. The van der Waals surface area contributed by atoms with Gasteiger partial charge < -0.3 is 10.2 Å². The first kappa shape index (κ1) is 18.0. The standard InChI is InChI=1S/C19H18F2N6O/c20-15-5-4-14(9-16(15)21)25-19(28)13-3-1-7-26(11-13)17-10-18(23-12-22-17)27-8-2-6-24-27/h2,4-6,8-10,12-13H,1,3,7,11H2,(H,25,28)/t13-/m0/s1. The molecule has 0 unspecified atom stereocenters. The molecule has 0 aliphatic carbocycles. The number of piperidine rings is 1. The number of benzene rings is 1. The maximum atomic E-state index is 13.4. The number of halogens is 2. The molecule has 1 N–H and O–H groups in total. The average Bonchev–Trinajstić information content (AvgIpc) is 3.26. The molecule has 1 fully saturated rings. The van der Waals surface area contributed by atoms with E-state index in [2.05, 4.69) is 20.4 Å². The molecular weight excluding hydrogens is 366 g/mol. The van der Waals surface area contributed by atoms with Gasteiger partial charge in [-0.25, -0.2) is 23.4 Å². The molecule has 1 atom stereocenters. The fourth-order valence-corrected chi connectivity index (χ4v) is 3.26. The Labute approximate surface area is 160 Å². The Balaban J connectivity index is 1.46. The molecule has 144 valence electrons. The molecule has 1 aliphatic rings. The monoisotopic (exact) mass is 384 g/mol. The van der Waals surface area contributed by atoms with Gasteiger partial charge in [0.25, 0.3) is 0 Å². The largest absolute Gasteiger partial charge is 0.356 e. The number of nitrogens with one attached hydrogen (secondary N) is 1. The zero-order valence-electron chi connectivity index (χ0n) is 14.9. The van der Waals surface area contributed by atoms with Crippen LogP contribution < -0.4 is 10.2 Å². The van der Waals surface area contributed by atoms with E-state index in [1.807, 2.05) is 11.0 Å². The first-order valence-corrected chi connectivity index (χ1v) is 8.93. The number of aromatic nitrogens is 4. The molecule has 1 aromatic carbocycles. The zero-order chi connectivity index (χ0) is 19.5. The Morgan fingerprint density at radius 2 is 2.00 bits per heavy atom. The van der Waals surface area contributed by atoms with E-state index in [1.54, 1.807) is 23.1 Å². The van der Waals surface area contributed by atoms with Crippen LogP contribution in [-0.4, -0.2) is 38.7 Å². The van der Waals surface area contributed by atoms with Crippen LogP contribution >= 0.6 is 0 Å². The molecule has 9 heteroatoms. The first-order chi connectivity index (χ1) is 13.6. The highest BCUT2D eigenvalue weighted by Gasteiger charge is 2.27. The Kier molecular flexibility index (Phi) is 4.96. The van der Waals surface area contributed by atoms with E-state index < -0.39 is 11.6 Å². The number of rotatable bonds is 4. The fourth-order valence-electron chi connectivity index (χ4n) is 3.26. The molecule has 3 heterocycles. The number of carbonyl (C=O) groups excluding carboxylic acids is 1. The summed E-state index contributed by atoms with van der Waals surface area (Å²) in [6.45, 7) is 1.25. The molecule has 2 aromatic heterocycles. The summed E-state index contributed by atoms with van der Waals surface area (Å²) in [5.41, 5.74) is 0.240. The Morgan fingerprint density at radius 1 is 1.14 bits per heavy atom. The van der Waals surface area contributed by atoms with Crippen molar-refractivity contribution in [2.75, 3.05) is 23.3 Å². The fraction of sp³-hybridized carbons (Fsp3) is 0.263. The predicted molar refractivity (Wildman–Crippen MR) is 99.1 cm³/mol. The number of anilines is 2. The van der Waals surface area contributed by atoms with Gasteiger partial charge in [-0.1, -0.05) is 0 Å². The van der Waals surface area contributed by atoms with E-state index in [-0.39, 0.29) is 17.5 Å². The maximum absolute atomic E-state index is 13.4. The van der Waals surface area contributed by atoms with Crippen molar-refractivity contribution in [1.82, 2.24) is 19.7 Å². The summed E-state index contributed by atoms with van der Waals surface area (Å²) in [5, 5.41) is 6.83. The Bertz CT molecular complexity index is 978. The van der Waals surface area contributed by atoms with Crippen molar-refractivity contribution < 1.29 is 13.6 Å². The number of hydrogen-bond acceptors (Lipinski definition) is 5. The summed E-state index contributed by atoms with van der Waals surface area (Å²) in [5.74, 6) is -1.09. The Morgan fingerprint density at radius 3 is 2.79 bits per heavy atom. The minimum Gasteiger partial charge on any atom is -0.356 e. The molecule has 28 heavy (non-hydrogen) atoms. The minimum absolute atomic E-state index is 0.225. The van der Waals surface area contributed by atoms with Gasteiger partial charge in [-0.3, -0.25) is 4.79 Å². The summed E-state index contributed by atoms with van der Waals surface area (Å²) in [7, 11) is 0. The highest BCUT2D eigenvalue weighted by Crippen LogP contribution is 2.24. The van der Waals surface area contributed by atoms with Crippen molar-refractivity contribution in [3.8, 4) is 5.82 Å². The van der Waals surface area contributed by atoms with Crippen molar-refractivity contribution in [2.24, 2.45) is 5.92 Å². The molecule has 1 saturated heterocycles. The van der Waals surface area contributed by atoms with Crippen LogP contribution in [0.4, 0.5) is 20.3 Å². The predicted octanol–water partition coefficient (Wildman–Crippen LogP) is 2.80. The van der Waals surface area contributed by atoms with Crippen LogP contribution in [0.25, 0.3) is 5.82 Å². The average molecular weight is 384 g/mol. The van der Waals surface area contributed by atoms with Crippen LogP contribution in [0.2, 0.25) is 0 Å². The Hall–Kier alpha value is -3.36. The highest BCUT2D eigenvalue weighted by atomic mass is 19.2. The normalized spacial score (nSPS) is 16.8. The molecule has 1 amide bonds. The van der Waals surface area contributed by atoms with E-state index in [4.69, 9.17) is 0 Å². The van der Waals surface area contributed by atoms with Crippen molar-refractivity contribution in [3.63, 3.8) is 0 Å². The summed E-state index contributed by atoms with van der Waals surface area (Å²) in [6.07, 6.45) is 6.46. The molecule has 0 saturated carbocycles. The topological polar surface area (TPSA) is 75.9 Å². The van der Waals surface area contributed by atoms with Crippen molar-refractivity contribution in [1.29, 1.82) is 0 Å². The third kappa shape index (κ3) is 3.83. The van der Waals surface area contributed by atoms with Crippen LogP contribution in [-0.2, 0) is 4.79 Å². The van der Waals surface area contributed by atoms with Gasteiger partial charge >= 0.3 is 0 Å². The van der Waals surface area contributed by atoms with Crippen molar-refractivity contribution in [3.05, 3.63) is 60.7 Å². The maximum Gasteiger partial charge on any atom is 0.229 e. The third-order valence-electron chi connectivity index (χ3n) is 4.68. The molecule has 3 aromatic rings. The lowest BCUT2D eigenvalue weighted by atomic mass is 9.97. The third-order valence-corrected chi connectivity index (χ3v) is 4.68. The second-order valence-electron chi connectivity index (χ2n) is 6.59. The smallest absolute Gasteiger partial charge is 0.229 e. The van der Waals surface area contributed by atoms with Crippen LogP contribution in [0.5, 0.6) is 0 Å². The van der Waals surface area contributed by atoms with Crippen molar-refractivity contribution in [2.45, 2.75) is 12.8 Å². The molecule has 7 nitrogen and oxygen atoms in total. The molecule has 4 rings (SSSR count). The summed E-state index contributed by atoms with van der Waals surface area (Å²) >= 11 is 0. The molecule has 1 aliphatic heterocycles. The van der Waals surface area contributed by atoms with E-state index in [9.17, 15) is 13.6 Å². The molecular formula is C19H18F2N6O. The van der Waals surface area contributed by atoms with Gasteiger partial charge in [0.05, 0.1) is 5.92 Å². The first-order valence-electron chi connectivity index (χ1n) is 8.93. The lowest BCUT2D eigenvalue weighted by molar-refractivity contribution is -0.120. The van der Waals surface area contributed by atoms with Gasteiger partial charge in [0.2, 0.25) is 5.91 Å². The van der Waals surface area contributed by atoms with Gasteiger partial charge in [0, 0.05) is 43.3 Å². The van der Waals surface area contributed by atoms with Crippen LogP contribution in [0, 0.1) is 17.6 Å². The molecule has 0 spiro atoms. The summed E-state index contributed by atoms with van der Waals surface area (Å²) < 4.78 is 28.0. The lowest BCUT2D eigenvalue weighted by Crippen LogP contribution is -2.41. The van der Waals surface area contributed by atoms with E-state index in [0.29, 0.717) is 24.6 Å². The number of hydrogen-bond donors (Lipinski definition) is 1. The van der Waals surface area contributed by atoms with Gasteiger partial charge in [-0.15, -0.1) is 0 Å². The second kappa shape index (κ2) is 7.71. The van der Waals surface area contributed by atoms with Crippen LogP contribution in [0.15, 0.2) is 49.1 Å². The van der Waals surface area contributed by atoms with E-state index in [0.717, 1.165) is 25.1 Å². The quantitative estimate of drug-likeness (QED) is 0.749. The summed E-state index contributed by atoms with van der Waals surface area (Å²) in [6, 6.07) is 6.95.